The van der Waals surface area contributed by atoms with Gasteiger partial charge in [0, 0.05) is 18.9 Å². The van der Waals surface area contributed by atoms with Gasteiger partial charge in [-0.2, -0.15) is 0 Å². The van der Waals surface area contributed by atoms with E-state index in [1.807, 2.05) is 24.3 Å². The van der Waals surface area contributed by atoms with E-state index in [-0.39, 0.29) is 5.69 Å². The maximum absolute atomic E-state index is 11.5. The van der Waals surface area contributed by atoms with Gasteiger partial charge in [-0.05, 0) is 29.8 Å². The molecule has 6 nitrogen and oxygen atoms in total. The summed E-state index contributed by atoms with van der Waals surface area (Å²) in [7, 11) is 1.62. The Labute approximate surface area is 127 Å². The first-order valence-electron chi connectivity index (χ1n) is 6.75. The number of nitrogens with one attached hydrogen (secondary N) is 1. The molecule has 6 heteroatoms. The maximum Gasteiger partial charge on any atom is 0.355 e. The lowest BCUT2D eigenvalue weighted by atomic mass is 10.2. The number of nitrogens with zero attached hydrogens (tertiary/aromatic N) is 2. The van der Waals surface area contributed by atoms with Crippen molar-refractivity contribution in [1.82, 2.24) is 9.38 Å². The first-order valence-corrected chi connectivity index (χ1v) is 6.75. The highest BCUT2D eigenvalue weighted by Crippen LogP contribution is 2.19. The van der Waals surface area contributed by atoms with Crippen LogP contribution in [0.1, 0.15) is 16.1 Å². The third-order valence-corrected chi connectivity index (χ3v) is 3.41. The van der Waals surface area contributed by atoms with Crippen LogP contribution in [0.4, 0.5) is 5.69 Å². The van der Waals surface area contributed by atoms with Gasteiger partial charge in [-0.1, -0.05) is 12.1 Å². The Morgan fingerprint density at radius 2 is 2.05 bits per heavy atom. The fraction of sp³-hybridized carbons (Fsp3) is 0.125. The first-order chi connectivity index (χ1) is 10.7. The van der Waals surface area contributed by atoms with Crippen LogP contribution in [0.5, 0.6) is 5.75 Å². The lowest BCUT2D eigenvalue weighted by Gasteiger charge is -2.11. The molecule has 1 aromatic carbocycles. The van der Waals surface area contributed by atoms with Crippen LogP contribution in [-0.4, -0.2) is 27.6 Å². The van der Waals surface area contributed by atoms with Gasteiger partial charge in [0.2, 0.25) is 0 Å². The molecule has 0 aliphatic rings. The number of hydrogen-bond acceptors (Lipinski definition) is 4. The molecule has 0 unspecified atom stereocenters. The smallest absolute Gasteiger partial charge is 0.355 e. The number of carboxylic acids is 1. The maximum atomic E-state index is 11.5. The Bertz CT molecular complexity index is 809. The predicted octanol–water partition coefficient (Wildman–Crippen LogP) is 2.65. The van der Waals surface area contributed by atoms with Gasteiger partial charge in [-0.3, -0.25) is 4.40 Å². The Kier molecular flexibility index (Phi) is 3.65. The zero-order valence-electron chi connectivity index (χ0n) is 12.0. The number of pyridine rings is 1. The predicted molar refractivity (Wildman–Crippen MR) is 82.5 cm³/mol. The second-order valence-electron chi connectivity index (χ2n) is 4.76. The zero-order valence-corrected chi connectivity index (χ0v) is 12.0. The van der Waals surface area contributed by atoms with E-state index in [4.69, 9.17) is 4.74 Å². The van der Waals surface area contributed by atoms with Gasteiger partial charge in [-0.25, -0.2) is 9.78 Å². The van der Waals surface area contributed by atoms with Crippen LogP contribution < -0.4 is 10.1 Å². The van der Waals surface area contributed by atoms with E-state index in [1.54, 1.807) is 36.0 Å². The minimum absolute atomic E-state index is 0.170. The van der Waals surface area contributed by atoms with Crippen LogP contribution >= 0.6 is 0 Å². The van der Waals surface area contributed by atoms with E-state index in [0.29, 0.717) is 17.9 Å². The molecule has 112 valence electrons. The first kappa shape index (κ1) is 13.9. The third-order valence-electron chi connectivity index (χ3n) is 3.41. The number of aromatic carboxylic acids is 1. The van der Waals surface area contributed by atoms with Gasteiger partial charge in [0.15, 0.2) is 5.69 Å². The molecule has 0 fully saturated rings. The summed E-state index contributed by atoms with van der Waals surface area (Å²) in [5.74, 6) is -0.212. The standard InChI is InChI=1S/C16H15N3O3/c1-22-12-4-2-11(3-5-12)10-18-13-6-7-14-17-8-9-19(14)15(13)16(20)21/h2-9,18H,10H2,1H3,(H,20,21). The Morgan fingerprint density at radius 3 is 2.73 bits per heavy atom. The molecule has 0 aliphatic carbocycles. The number of carbonyl (C=O) groups is 1. The van der Waals surface area contributed by atoms with Gasteiger partial charge >= 0.3 is 5.97 Å². The number of hydrogen-bond donors (Lipinski definition) is 2. The number of benzene rings is 1. The quantitative estimate of drug-likeness (QED) is 0.757. The second kappa shape index (κ2) is 5.77. The summed E-state index contributed by atoms with van der Waals surface area (Å²) in [6.45, 7) is 0.518. The molecule has 0 saturated heterocycles. The van der Waals surface area contributed by atoms with Gasteiger partial charge < -0.3 is 15.2 Å². The lowest BCUT2D eigenvalue weighted by molar-refractivity contribution is 0.0690. The van der Waals surface area contributed by atoms with Crippen LogP contribution in [0.2, 0.25) is 0 Å². The number of rotatable bonds is 5. The van der Waals surface area contributed by atoms with E-state index < -0.39 is 5.97 Å². The largest absolute Gasteiger partial charge is 0.497 e. The van der Waals surface area contributed by atoms with Crippen LogP contribution in [0, 0.1) is 0 Å². The average Bonchev–Trinajstić information content (AvgIpc) is 3.00. The van der Waals surface area contributed by atoms with Crippen molar-refractivity contribution >= 4 is 17.3 Å². The van der Waals surface area contributed by atoms with Crippen molar-refractivity contribution in [1.29, 1.82) is 0 Å². The zero-order chi connectivity index (χ0) is 15.5. The van der Waals surface area contributed by atoms with Crippen molar-refractivity contribution in [2.24, 2.45) is 0 Å². The minimum atomic E-state index is -0.999. The van der Waals surface area contributed by atoms with Crippen molar-refractivity contribution in [3.8, 4) is 5.75 Å². The molecule has 0 saturated carbocycles. The number of carboxylic acid groups (broad SMARTS) is 1. The highest BCUT2D eigenvalue weighted by molar-refractivity contribution is 5.93. The highest BCUT2D eigenvalue weighted by atomic mass is 16.5. The molecule has 22 heavy (non-hydrogen) atoms. The average molecular weight is 297 g/mol. The molecule has 2 N–H and O–H groups in total. The van der Waals surface area contributed by atoms with Crippen molar-refractivity contribution in [2.75, 3.05) is 12.4 Å². The highest BCUT2D eigenvalue weighted by Gasteiger charge is 2.14. The van der Waals surface area contributed by atoms with Crippen LogP contribution in [0.25, 0.3) is 5.65 Å². The van der Waals surface area contributed by atoms with Gasteiger partial charge in [0.05, 0.1) is 12.8 Å². The molecule has 2 aromatic heterocycles. The topological polar surface area (TPSA) is 75.9 Å². The van der Waals surface area contributed by atoms with E-state index >= 15 is 0 Å². The van der Waals surface area contributed by atoms with Crippen molar-refractivity contribution < 1.29 is 14.6 Å². The summed E-state index contributed by atoms with van der Waals surface area (Å²) in [6, 6.07) is 11.1. The monoisotopic (exact) mass is 297 g/mol. The number of anilines is 1. The number of aromatic nitrogens is 2. The molecule has 0 aliphatic heterocycles. The number of methoxy groups -OCH3 is 1. The fourth-order valence-electron chi connectivity index (χ4n) is 2.30. The third kappa shape index (κ3) is 2.58. The van der Waals surface area contributed by atoms with Crippen molar-refractivity contribution in [3.05, 3.63) is 60.0 Å². The van der Waals surface area contributed by atoms with E-state index in [1.165, 1.54) is 0 Å². The summed E-state index contributed by atoms with van der Waals surface area (Å²) < 4.78 is 6.67. The minimum Gasteiger partial charge on any atom is -0.497 e. The van der Waals surface area contributed by atoms with Gasteiger partial charge in [0.1, 0.15) is 11.4 Å². The molecular formula is C16H15N3O3. The molecule has 0 bridgehead atoms. The summed E-state index contributed by atoms with van der Waals surface area (Å²) in [5.41, 5.74) is 2.35. The van der Waals surface area contributed by atoms with Crippen LogP contribution in [0.15, 0.2) is 48.8 Å². The number of imidazole rings is 1. The molecule has 0 radical (unpaired) electrons. The lowest BCUT2D eigenvalue weighted by Crippen LogP contribution is -2.11. The van der Waals surface area contributed by atoms with Crippen LogP contribution in [-0.2, 0) is 6.54 Å². The number of fused-ring (bicyclic) bond motifs is 1. The van der Waals surface area contributed by atoms with Crippen LogP contribution in [0.3, 0.4) is 0 Å². The molecule has 0 atom stereocenters. The van der Waals surface area contributed by atoms with Crippen molar-refractivity contribution in [3.63, 3.8) is 0 Å². The Hall–Kier alpha value is -3.02. The molecule has 3 aromatic rings. The number of ether oxygens (including phenoxy) is 1. The summed E-state index contributed by atoms with van der Waals surface area (Å²) in [4.78, 5) is 15.6. The van der Waals surface area contributed by atoms with E-state index in [9.17, 15) is 9.90 Å². The molecule has 3 rings (SSSR count). The van der Waals surface area contributed by atoms with E-state index in [2.05, 4.69) is 10.3 Å². The second-order valence-corrected chi connectivity index (χ2v) is 4.76. The van der Waals surface area contributed by atoms with Gasteiger partial charge in [-0.15, -0.1) is 0 Å². The van der Waals surface area contributed by atoms with Gasteiger partial charge in [0.25, 0.3) is 0 Å². The molecule has 2 heterocycles. The molecule has 0 amide bonds. The summed E-state index contributed by atoms with van der Waals surface area (Å²) in [6.07, 6.45) is 3.21. The van der Waals surface area contributed by atoms with E-state index in [0.717, 1.165) is 11.3 Å². The molecule has 0 spiro atoms. The Balaban J connectivity index is 1.86. The fourth-order valence-corrected chi connectivity index (χ4v) is 2.30. The Morgan fingerprint density at radius 1 is 1.27 bits per heavy atom. The summed E-state index contributed by atoms with van der Waals surface area (Å²) >= 11 is 0. The normalized spacial score (nSPS) is 10.6. The molecular weight excluding hydrogens is 282 g/mol. The summed E-state index contributed by atoms with van der Waals surface area (Å²) in [5, 5.41) is 12.6. The SMILES string of the molecule is COc1ccc(CNc2ccc3nccn3c2C(=O)O)cc1. The van der Waals surface area contributed by atoms with Crippen molar-refractivity contribution in [2.45, 2.75) is 6.54 Å².